The van der Waals surface area contributed by atoms with E-state index >= 15 is 0 Å². The van der Waals surface area contributed by atoms with Gasteiger partial charge in [-0.15, -0.1) is 0 Å². The predicted molar refractivity (Wildman–Crippen MR) is 78.8 cm³/mol. The summed E-state index contributed by atoms with van der Waals surface area (Å²) in [4.78, 5) is 2.41. The molecule has 0 heterocycles. The highest BCUT2D eigenvalue weighted by Gasteiger charge is 2.08. The molecule has 0 amide bonds. The monoisotopic (exact) mass is 249 g/mol. The second kappa shape index (κ2) is 8.25. The maximum atomic E-state index is 5.85. The fraction of sp³-hybridized carbons (Fsp3) is 0.600. The number of nitrogens with one attached hydrogen (secondary N) is 1. The lowest BCUT2D eigenvalue weighted by Crippen LogP contribution is -2.36. The van der Waals surface area contributed by atoms with Crippen LogP contribution >= 0.6 is 0 Å². The van der Waals surface area contributed by atoms with E-state index < -0.39 is 0 Å². The molecule has 0 radical (unpaired) electrons. The lowest BCUT2D eigenvalue weighted by Gasteiger charge is -2.22. The molecule has 0 aliphatic rings. The van der Waals surface area contributed by atoms with E-state index in [0.29, 0.717) is 6.54 Å². The predicted octanol–water partition coefficient (Wildman–Crippen LogP) is 1.93. The molecule has 1 rings (SSSR count). The largest absolute Gasteiger partial charge is 0.329 e. The van der Waals surface area contributed by atoms with Crippen molar-refractivity contribution >= 4 is 0 Å². The van der Waals surface area contributed by atoms with Crippen LogP contribution in [0.5, 0.6) is 0 Å². The summed E-state index contributed by atoms with van der Waals surface area (Å²) in [6.07, 6.45) is 0. The molecular formula is C15H27N3. The SMILES string of the molecule is CCN(CC)CCNC(CN)c1ccc(C)cc1. The van der Waals surface area contributed by atoms with Crippen molar-refractivity contribution in [2.24, 2.45) is 5.73 Å². The molecule has 0 bridgehead atoms. The molecule has 3 nitrogen and oxygen atoms in total. The molecule has 102 valence electrons. The van der Waals surface area contributed by atoms with Crippen molar-refractivity contribution in [3.05, 3.63) is 35.4 Å². The third-order valence-electron chi connectivity index (χ3n) is 3.43. The van der Waals surface area contributed by atoms with Crippen LogP contribution < -0.4 is 11.1 Å². The van der Waals surface area contributed by atoms with Gasteiger partial charge >= 0.3 is 0 Å². The first-order chi connectivity index (χ1) is 8.71. The molecule has 18 heavy (non-hydrogen) atoms. The van der Waals surface area contributed by atoms with E-state index in [9.17, 15) is 0 Å². The summed E-state index contributed by atoms with van der Waals surface area (Å²) >= 11 is 0. The Hall–Kier alpha value is -0.900. The van der Waals surface area contributed by atoms with E-state index in [4.69, 9.17) is 5.73 Å². The first-order valence-electron chi connectivity index (χ1n) is 6.93. The Morgan fingerprint density at radius 3 is 2.28 bits per heavy atom. The lowest BCUT2D eigenvalue weighted by molar-refractivity contribution is 0.297. The highest BCUT2D eigenvalue weighted by Crippen LogP contribution is 2.12. The van der Waals surface area contributed by atoms with E-state index in [1.165, 1.54) is 11.1 Å². The van der Waals surface area contributed by atoms with Crippen molar-refractivity contribution in [1.29, 1.82) is 0 Å². The van der Waals surface area contributed by atoms with Gasteiger partial charge in [0.2, 0.25) is 0 Å². The molecule has 0 spiro atoms. The average Bonchev–Trinajstić information content (AvgIpc) is 2.41. The fourth-order valence-electron chi connectivity index (χ4n) is 2.07. The van der Waals surface area contributed by atoms with Crippen LogP contribution in [0, 0.1) is 6.92 Å². The Morgan fingerprint density at radius 1 is 1.17 bits per heavy atom. The van der Waals surface area contributed by atoms with E-state index in [0.717, 1.165) is 26.2 Å². The zero-order valence-corrected chi connectivity index (χ0v) is 11.9. The number of nitrogens with two attached hydrogens (primary N) is 1. The summed E-state index contributed by atoms with van der Waals surface area (Å²) in [6, 6.07) is 8.88. The Labute approximate surface area is 111 Å². The lowest BCUT2D eigenvalue weighted by atomic mass is 10.1. The molecule has 0 aliphatic carbocycles. The number of benzene rings is 1. The first-order valence-corrected chi connectivity index (χ1v) is 6.93. The summed E-state index contributed by atoms with van der Waals surface area (Å²) in [5.41, 5.74) is 8.42. The smallest absolute Gasteiger partial charge is 0.0444 e. The van der Waals surface area contributed by atoms with Crippen molar-refractivity contribution in [1.82, 2.24) is 10.2 Å². The van der Waals surface area contributed by atoms with Crippen molar-refractivity contribution in [2.75, 3.05) is 32.7 Å². The van der Waals surface area contributed by atoms with Gasteiger partial charge in [0.05, 0.1) is 0 Å². The van der Waals surface area contributed by atoms with Gasteiger partial charge in [0.25, 0.3) is 0 Å². The molecule has 1 atom stereocenters. The van der Waals surface area contributed by atoms with Crippen LogP contribution in [-0.4, -0.2) is 37.6 Å². The van der Waals surface area contributed by atoms with Crippen LogP contribution in [0.2, 0.25) is 0 Å². The second-order valence-corrected chi connectivity index (χ2v) is 4.68. The van der Waals surface area contributed by atoms with E-state index in [1.54, 1.807) is 0 Å². The maximum Gasteiger partial charge on any atom is 0.0444 e. The fourth-order valence-corrected chi connectivity index (χ4v) is 2.07. The zero-order valence-electron chi connectivity index (χ0n) is 11.9. The van der Waals surface area contributed by atoms with Crippen molar-refractivity contribution < 1.29 is 0 Å². The average molecular weight is 249 g/mol. The number of likely N-dealkylation sites (N-methyl/N-ethyl adjacent to an activating group) is 1. The summed E-state index contributed by atoms with van der Waals surface area (Å²) in [6.45, 7) is 11.4. The highest BCUT2D eigenvalue weighted by molar-refractivity contribution is 5.24. The molecule has 0 aliphatic heterocycles. The molecule has 0 fully saturated rings. The van der Waals surface area contributed by atoms with Gasteiger partial charge < -0.3 is 16.0 Å². The summed E-state index contributed by atoms with van der Waals surface area (Å²) in [5.74, 6) is 0. The standard InChI is InChI=1S/C15H27N3/c1-4-18(5-2)11-10-17-15(12-16)14-8-6-13(3)7-9-14/h6-9,15,17H,4-5,10-12,16H2,1-3H3. The van der Waals surface area contributed by atoms with Crippen LogP contribution in [0.15, 0.2) is 24.3 Å². The van der Waals surface area contributed by atoms with Crippen molar-refractivity contribution in [2.45, 2.75) is 26.8 Å². The Balaban J connectivity index is 2.44. The molecule has 3 heteroatoms. The third kappa shape index (κ3) is 4.77. The van der Waals surface area contributed by atoms with Crippen LogP contribution in [-0.2, 0) is 0 Å². The van der Waals surface area contributed by atoms with Gasteiger partial charge in [-0.1, -0.05) is 43.7 Å². The minimum atomic E-state index is 0.265. The van der Waals surface area contributed by atoms with Gasteiger partial charge in [0, 0.05) is 25.7 Å². The van der Waals surface area contributed by atoms with Gasteiger partial charge in [-0.2, -0.15) is 0 Å². The van der Waals surface area contributed by atoms with Crippen LogP contribution in [0.4, 0.5) is 0 Å². The van der Waals surface area contributed by atoms with Crippen LogP contribution in [0.3, 0.4) is 0 Å². The number of aryl methyl sites for hydroxylation is 1. The molecule has 3 N–H and O–H groups in total. The minimum absolute atomic E-state index is 0.265. The third-order valence-corrected chi connectivity index (χ3v) is 3.43. The van der Waals surface area contributed by atoms with E-state index in [1.807, 2.05) is 0 Å². The zero-order chi connectivity index (χ0) is 13.4. The maximum absolute atomic E-state index is 5.85. The molecule has 0 saturated heterocycles. The number of nitrogens with zero attached hydrogens (tertiary/aromatic N) is 1. The number of hydrogen-bond donors (Lipinski definition) is 2. The molecule has 1 aromatic rings. The van der Waals surface area contributed by atoms with Crippen LogP contribution in [0.25, 0.3) is 0 Å². The molecule has 1 aromatic carbocycles. The summed E-state index contributed by atoms with van der Waals surface area (Å²) in [5, 5.41) is 3.54. The molecule has 0 aromatic heterocycles. The minimum Gasteiger partial charge on any atom is -0.329 e. The van der Waals surface area contributed by atoms with Crippen LogP contribution in [0.1, 0.15) is 31.0 Å². The van der Waals surface area contributed by atoms with Gasteiger partial charge in [0.15, 0.2) is 0 Å². The Morgan fingerprint density at radius 2 is 1.78 bits per heavy atom. The number of rotatable bonds is 8. The van der Waals surface area contributed by atoms with Gasteiger partial charge in [-0.3, -0.25) is 0 Å². The molecular weight excluding hydrogens is 222 g/mol. The normalized spacial score (nSPS) is 12.9. The van der Waals surface area contributed by atoms with Gasteiger partial charge in [-0.25, -0.2) is 0 Å². The quantitative estimate of drug-likeness (QED) is 0.739. The van der Waals surface area contributed by atoms with Gasteiger partial charge in [0.1, 0.15) is 0 Å². The Kier molecular flexibility index (Phi) is 6.94. The van der Waals surface area contributed by atoms with Crippen molar-refractivity contribution in [3.63, 3.8) is 0 Å². The van der Waals surface area contributed by atoms with Crippen molar-refractivity contribution in [3.8, 4) is 0 Å². The van der Waals surface area contributed by atoms with E-state index in [2.05, 4.69) is 55.3 Å². The Bertz CT molecular complexity index is 317. The first kappa shape index (κ1) is 15.2. The van der Waals surface area contributed by atoms with E-state index in [-0.39, 0.29) is 6.04 Å². The molecule has 1 unspecified atom stereocenters. The second-order valence-electron chi connectivity index (χ2n) is 4.68. The highest BCUT2D eigenvalue weighted by atomic mass is 15.1. The summed E-state index contributed by atoms with van der Waals surface area (Å²) < 4.78 is 0. The van der Waals surface area contributed by atoms with Gasteiger partial charge in [-0.05, 0) is 25.6 Å². The molecule has 0 saturated carbocycles. The topological polar surface area (TPSA) is 41.3 Å². The summed E-state index contributed by atoms with van der Waals surface area (Å²) in [7, 11) is 0. The number of hydrogen-bond acceptors (Lipinski definition) is 3.